The molecule has 3 aromatic rings. The number of phenolic OH excluding ortho intramolecular Hbond substituents is 1. The zero-order valence-electron chi connectivity index (χ0n) is 13.0. The highest BCUT2D eigenvalue weighted by molar-refractivity contribution is 7.86. The van der Waals surface area contributed by atoms with Crippen molar-refractivity contribution >= 4 is 42.4 Å². The fraction of sp³-hybridized carbons (Fsp3) is 0. The molecule has 0 unspecified atom stereocenters. The van der Waals surface area contributed by atoms with Gasteiger partial charge in [0.2, 0.25) is 0 Å². The summed E-state index contributed by atoms with van der Waals surface area (Å²) < 4.78 is 65.0. The van der Waals surface area contributed by atoms with Gasteiger partial charge in [-0.25, -0.2) is 0 Å². The minimum absolute atomic E-state index is 0.0295. The first kappa shape index (κ1) is 18.1. The van der Waals surface area contributed by atoms with E-state index >= 15 is 0 Å². The van der Waals surface area contributed by atoms with Crippen LogP contribution in [0.3, 0.4) is 0 Å². The van der Waals surface area contributed by atoms with Crippen LogP contribution >= 0.6 is 0 Å². The number of anilines is 2. The predicted molar refractivity (Wildman–Crippen MR) is 95.0 cm³/mol. The fourth-order valence-corrected chi connectivity index (χ4v) is 3.96. The van der Waals surface area contributed by atoms with Gasteiger partial charge in [0.1, 0.15) is 10.6 Å². The molecule has 0 aromatic heterocycles. The molecule has 3 aromatic carbocycles. The van der Waals surface area contributed by atoms with E-state index in [9.17, 15) is 26.5 Å². The fourth-order valence-electron chi connectivity index (χ4n) is 2.58. The first-order valence-corrected chi connectivity index (χ1v) is 10.0. The third kappa shape index (κ3) is 3.48. The molecular formula is C16H13NO7S2. The summed E-state index contributed by atoms with van der Waals surface area (Å²) in [7, 11) is -9.11. The Bertz CT molecular complexity index is 1220. The van der Waals surface area contributed by atoms with E-state index < -0.39 is 25.1 Å². The van der Waals surface area contributed by atoms with Gasteiger partial charge < -0.3 is 10.4 Å². The second kappa shape index (κ2) is 6.25. The van der Waals surface area contributed by atoms with Crippen LogP contribution in [0, 0.1) is 0 Å². The van der Waals surface area contributed by atoms with E-state index in [0.717, 1.165) is 6.07 Å². The number of hydrogen-bond donors (Lipinski definition) is 4. The second-order valence-electron chi connectivity index (χ2n) is 5.42. The Morgan fingerprint density at radius 1 is 0.769 bits per heavy atom. The number of aromatic hydroxyl groups is 1. The van der Waals surface area contributed by atoms with Crippen molar-refractivity contribution in [3.8, 4) is 5.75 Å². The summed E-state index contributed by atoms with van der Waals surface area (Å²) in [6.07, 6.45) is 0. The maximum atomic E-state index is 11.9. The van der Waals surface area contributed by atoms with Crippen molar-refractivity contribution in [3.05, 3.63) is 54.6 Å². The van der Waals surface area contributed by atoms with Crippen LogP contribution in [0.25, 0.3) is 10.8 Å². The number of phenols is 1. The van der Waals surface area contributed by atoms with Crippen LogP contribution in [0.15, 0.2) is 64.4 Å². The molecule has 8 nitrogen and oxygen atoms in total. The lowest BCUT2D eigenvalue weighted by atomic mass is 10.1. The summed E-state index contributed by atoms with van der Waals surface area (Å²) in [4.78, 5) is -0.850. The molecule has 0 fully saturated rings. The molecule has 0 saturated carbocycles. The Hall–Kier alpha value is -2.66. The standard InChI is InChI=1S/C16H13NO7S2/c18-15-6-2-5-13-12(15)7-8-14(16(13)26(22,23)24)17-10-3-1-4-11(9-10)25(19,20)21/h1-9,17-18H,(H,19,20,21)(H,22,23,24). The molecule has 0 heterocycles. The minimum Gasteiger partial charge on any atom is -0.507 e. The van der Waals surface area contributed by atoms with Crippen LogP contribution in [-0.2, 0) is 20.2 Å². The van der Waals surface area contributed by atoms with E-state index in [1.54, 1.807) is 0 Å². The third-order valence-electron chi connectivity index (χ3n) is 3.66. The van der Waals surface area contributed by atoms with Crippen LogP contribution in [0.2, 0.25) is 0 Å². The molecule has 0 spiro atoms. The molecule has 0 bridgehead atoms. The van der Waals surface area contributed by atoms with Gasteiger partial charge in [-0.3, -0.25) is 9.11 Å². The van der Waals surface area contributed by atoms with E-state index in [1.807, 2.05) is 0 Å². The first-order chi connectivity index (χ1) is 12.1. The minimum atomic E-state index is -4.68. The Labute approximate surface area is 149 Å². The predicted octanol–water partition coefficient (Wildman–Crippen LogP) is 2.78. The van der Waals surface area contributed by atoms with Gasteiger partial charge in [-0.15, -0.1) is 0 Å². The van der Waals surface area contributed by atoms with Gasteiger partial charge in [0, 0.05) is 16.5 Å². The number of hydrogen-bond acceptors (Lipinski definition) is 6. The van der Waals surface area contributed by atoms with Crippen LogP contribution in [0.4, 0.5) is 11.4 Å². The number of rotatable bonds is 4. The van der Waals surface area contributed by atoms with E-state index in [1.165, 1.54) is 48.5 Å². The van der Waals surface area contributed by atoms with Gasteiger partial charge in [0.05, 0.1) is 10.6 Å². The summed E-state index contributed by atoms with van der Waals surface area (Å²) in [6.45, 7) is 0. The normalized spacial score (nSPS) is 12.2. The quantitative estimate of drug-likeness (QED) is 0.494. The van der Waals surface area contributed by atoms with Crippen molar-refractivity contribution in [2.75, 3.05) is 5.32 Å². The topological polar surface area (TPSA) is 141 Å². The molecular weight excluding hydrogens is 382 g/mol. The van der Waals surface area contributed by atoms with E-state index in [0.29, 0.717) is 0 Å². The second-order valence-corrected chi connectivity index (χ2v) is 8.20. The molecule has 136 valence electrons. The maximum absolute atomic E-state index is 11.9. The highest BCUT2D eigenvalue weighted by atomic mass is 32.2. The largest absolute Gasteiger partial charge is 0.507 e. The van der Waals surface area contributed by atoms with Gasteiger partial charge in [-0.05, 0) is 36.4 Å². The summed E-state index contributed by atoms with van der Waals surface area (Å²) in [6, 6.07) is 12.1. The van der Waals surface area contributed by atoms with Gasteiger partial charge >= 0.3 is 0 Å². The molecule has 3 rings (SSSR count). The molecule has 0 amide bonds. The number of nitrogens with one attached hydrogen (secondary N) is 1. The SMILES string of the molecule is O=S(=O)(O)c1cccc(Nc2ccc3c(O)cccc3c2S(=O)(=O)O)c1. The van der Waals surface area contributed by atoms with Gasteiger partial charge in [0.25, 0.3) is 20.2 Å². The maximum Gasteiger partial charge on any atom is 0.297 e. The van der Waals surface area contributed by atoms with E-state index in [-0.39, 0.29) is 32.8 Å². The molecule has 0 aliphatic heterocycles. The average Bonchev–Trinajstić information content (AvgIpc) is 2.53. The molecule has 10 heteroatoms. The van der Waals surface area contributed by atoms with Crippen LogP contribution in [0.1, 0.15) is 0 Å². The van der Waals surface area contributed by atoms with E-state index in [2.05, 4.69) is 5.32 Å². The highest BCUT2D eigenvalue weighted by Crippen LogP contribution is 2.36. The Morgan fingerprint density at radius 3 is 2.12 bits per heavy atom. The average molecular weight is 395 g/mol. The van der Waals surface area contributed by atoms with Crippen LogP contribution in [0.5, 0.6) is 5.75 Å². The zero-order valence-corrected chi connectivity index (χ0v) is 14.6. The van der Waals surface area contributed by atoms with Crippen molar-refractivity contribution in [2.24, 2.45) is 0 Å². The monoisotopic (exact) mass is 395 g/mol. The van der Waals surface area contributed by atoms with Crippen molar-refractivity contribution < 1.29 is 31.0 Å². The number of benzene rings is 3. The molecule has 26 heavy (non-hydrogen) atoms. The number of fused-ring (bicyclic) bond motifs is 1. The van der Waals surface area contributed by atoms with Crippen molar-refractivity contribution in [1.29, 1.82) is 0 Å². The van der Waals surface area contributed by atoms with Crippen molar-refractivity contribution in [3.63, 3.8) is 0 Å². The van der Waals surface area contributed by atoms with Gasteiger partial charge in [-0.1, -0.05) is 18.2 Å². The molecule has 0 saturated heterocycles. The Kier molecular flexibility index (Phi) is 4.36. The van der Waals surface area contributed by atoms with Crippen LogP contribution in [-0.4, -0.2) is 31.0 Å². The first-order valence-electron chi connectivity index (χ1n) is 7.14. The molecule has 0 aliphatic rings. The molecule has 0 aliphatic carbocycles. The molecule has 4 N–H and O–H groups in total. The van der Waals surface area contributed by atoms with Crippen LogP contribution < -0.4 is 5.32 Å². The van der Waals surface area contributed by atoms with Gasteiger partial charge in [0.15, 0.2) is 0 Å². The van der Waals surface area contributed by atoms with Gasteiger partial charge in [-0.2, -0.15) is 16.8 Å². The van der Waals surface area contributed by atoms with E-state index in [4.69, 9.17) is 4.55 Å². The highest BCUT2D eigenvalue weighted by Gasteiger charge is 2.21. The molecule has 0 atom stereocenters. The van der Waals surface area contributed by atoms with Crippen molar-refractivity contribution in [2.45, 2.75) is 9.79 Å². The summed E-state index contributed by atoms with van der Waals surface area (Å²) in [5, 5.41) is 12.9. The summed E-state index contributed by atoms with van der Waals surface area (Å²) >= 11 is 0. The lowest BCUT2D eigenvalue weighted by Gasteiger charge is -2.14. The lowest BCUT2D eigenvalue weighted by molar-refractivity contribution is 0.480. The Morgan fingerprint density at radius 2 is 1.46 bits per heavy atom. The summed E-state index contributed by atoms with van der Waals surface area (Å²) in [5.74, 6) is -0.160. The third-order valence-corrected chi connectivity index (χ3v) is 5.46. The smallest absolute Gasteiger partial charge is 0.297 e. The molecule has 0 radical (unpaired) electrons. The van der Waals surface area contributed by atoms with Crippen molar-refractivity contribution in [1.82, 2.24) is 0 Å². The zero-order chi connectivity index (χ0) is 19.1. The lowest BCUT2D eigenvalue weighted by Crippen LogP contribution is -2.05. The summed E-state index contributed by atoms with van der Waals surface area (Å²) in [5.41, 5.74) is 0.141. The Balaban J connectivity index is 2.21.